The Morgan fingerprint density at radius 2 is 0.922 bits per heavy atom. The summed E-state index contributed by atoms with van der Waals surface area (Å²) < 4.78 is 21.0. The van der Waals surface area contributed by atoms with Gasteiger partial charge in [-0.3, -0.25) is 9.59 Å². The van der Waals surface area contributed by atoms with E-state index in [1.54, 1.807) is 74.4 Å². The molecule has 0 saturated carbocycles. The summed E-state index contributed by atoms with van der Waals surface area (Å²) in [7, 11) is 0. The van der Waals surface area contributed by atoms with Gasteiger partial charge in [0, 0.05) is 26.2 Å². The summed E-state index contributed by atoms with van der Waals surface area (Å²) in [6.45, 7) is 15.9. The van der Waals surface area contributed by atoms with E-state index in [1.807, 2.05) is 18.2 Å². The summed E-state index contributed by atoms with van der Waals surface area (Å²) in [5.74, 6) is -1.02. The molecule has 1 aromatic rings. The lowest BCUT2D eigenvalue weighted by Crippen LogP contribution is -2.50. The molecule has 2 atom stereocenters. The molecule has 0 saturated heterocycles. The van der Waals surface area contributed by atoms with Gasteiger partial charge in [0.1, 0.15) is 35.5 Å². The Morgan fingerprint density at radius 3 is 1.41 bits per heavy atom. The van der Waals surface area contributed by atoms with Crippen LogP contribution < -0.4 is 31.9 Å². The van der Waals surface area contributed by atoms with Crippen molar-refractivity contribution in [1.29, 1.82) is 0 Å². The molecule has 0 aliphatic heterocycles. The molecular weight excluding hydrogens is 664 g/mol. The quantitative estimate of drug-likeness (QED) is 0.100. The summed E-state index contributed by atoms with van der Waals surface area (Å²) in [6, 6.07) is 7.05. The number of benzene rings is 1. The van der Waals surface area contributed by atoms with Gasteiger partial charge in [-0.15, -0.1) is 0 Å². The number of carbonyl (C=O) groups is 6. The topological polar surface area (TPSA) is 212 Å². The van der Waals surface area contributed by atoms with Gasteiger partial charge in [0.25, 0.3) is 0 Å². The van der Waals surface area contributed by atoms with Crippen LogP contribution in [0.2, 0.25) is 0 Å². The maximum atomic E-state index is 13.2. The maximum absolute atomic E-state index is 13.2. The summed E-state index contributed by atoms with van der Waals surface area (Å²) in [4.78, 5) is 75.2. The molecule has 6 N–H and O–H groups in total. The van der Waals surface area contributed by atoms with E-state index >= 15 is 0 Å². The van der Waals surface area contributed by atoms with Gasteiger partial charge in [-0.05, 0) is 93.6 Å². The van der Waals surface area contributed by atoms with Crippen LogP contribution in [0.25, 0.3) is 0 Å². The van der Waals surface area contributed by atoms with Crippen molar-refractivity contribution in [3.8, 4) is 0 Å². The molecule has 1 aromatic carbocycles. The number of ether oxygens (including phenoxy) is 4. The van der Waals surface area contributed by atoms with Crippen LogP contribution >= 0.6 is 0 Å². The van der Waals surface area contributed by atoms with Gasteiger partial charge < -0.3 is 50.8 Å². The molecule has 0 spiro atoms. The Labute approximate surface area is 301 Å². The minimum absolute atomic E-state index is 0.00633. The maximum Gasteiger partial charge on any atom is 0.408 e. The predicted molar refractivity (Wildman–Crippen MR) is 190 cm³/mol. The first-order valence-electron chi connectivity index (χ1n) is 17.1. The number of amides is 6. The van der Waals surface area contributed by atoms with Gasteiger partial charge in [-0.25, -0.2) is 19.2 Å². The number of alkyl carbamates (subject to hydrolysis) is 4. The second-order valence-corrected chi connectivity index (χ2v) is 14.7. The van der Waals surface area contributed by atoms with Crippen molar-refractivity contribution >= 4 is 36.2 Å². The van der Waals surface area contributed by atoms with Crippen LogP contribution in [-0.4, -0.2) is 91.3 Å². The average molecular weight is 723 g/mol. The van der Waals surface area contributed by atoms with E-state index in [1.165, 1.54) is 0 Å². The highest BCUT2D eigenvalue weighted by Gasteiger charge is 2.26. The number of nitrogens with one attached hydrogen (secondary N) is 6. The molecule has 0 aliphatic carbocycles. The molecule has 0 aromatic heterocycles. The summed E-state index contributed by atoms with van der Waals surface area (Å²) in [6.07, 6.45) is -1.92. The minimum Gasteiger partial charge on any atom is -0.445 e. The Bertz CT molecular complexity index is 1270. The summed E-state index contributed by atoms with van der Waals surface area (Å²) in [5, 5.41) is 15.7. The fraction of sp³-hybridized carbons (Fsp3) is 0.657. The second kappa shape index (κ2) is 21.5. The highest BCUT2D eigenvalue weighted by Crippen LogP contribution is 2.10. The number of hydrogen-bond acceptors (Lipinski definition) is 10. The molecule has 16 heteroatoms. The van der Waals surface area contributed by atoms with E-state index in [0.717, 1.165) is 5.56 Å². The van der Waals surface area contributed by atoms with E-state index in [0.29, 0.717) is 6.42 Å². The zero-order chi connectivity index (χ0) is 38.7. The lowest BCUT2D eigenvalue weighted by Gasteiger charge is -2.24. The Hall–Kier alpha value is -4.76. The number of rotatable bonds is 17. The van der Waals surface area contributed by atoms with Crippen molar-refractivity contribution in [1.82, 2.24) is 31.9 Å². The molecule has 0 fully saturated rings. The van der Waals surface area contributed by atoms with Crippen molar-refractivity contribution < 1.29 is 47.7 Å². The number of carbonyl (C=O) groups excluding carboxylic acids is 6. The predicted octanol–water partition coefficient (Wildman–Crippen LogP) is 4.02. The highest BCUT2D eigenvalue weighted by atomic mass is 16.6. The van der Waals surface area contributed by atoms with Gasteiger partial charge in [0.05, 0.1) is 0 Å². The standard InChI is InChI=1S/C35H58N6O10/c1-33(2,3)49-29(44)38-20-14-18-25(40-31(46)48-23-24-15-11-10-12-16-24)27(42)36-19-13-17-26(41-32(47)51-35(7,8)9)28(43)37-21-22-39-30(45)50-34(4,5)6/h10-12,15-16,25-26H,13-14,17-23H2,1-9H3,(H,36,42)(H,37,43)(H,38,44)(H,39,45)(H,40,46)(H,41,47)/t25-,26-/m0/s1. The molecule has 1 rings (SSSR count). The van der Waals surface area contributed by atoms with E-state index in [9.17, 15) is 28.8 Å². The zero-order valence-corrected chi connectivity index (χ0v) is 31.5. The van der Waals surface area contributed by atoms with Gasteiger partial charge in [-0.2, -0.15) is 0 Å². The van der Waals surface area contributed by atoms with Crippen molar-refractivity contribution in [2.24, 2.45) is 0 Å². The van der Waals surface area contributed by atoms with Crippen LogP contribution in [-0.2, 0) is 35.1 Å². The molecule has 0 aliphatic rings. The molecule has 0 bridgehead atoms. The molecule has 0 heterocycles. The number of hydrogen-bond donors (Lipinski definition) is 6. The second-order valence-electron chi connectivity index (χ2n) is 14.7. The average Bonchev–Trinajstić information content (AvgIpc) is 2.98. The lowest BCUT2D eigenvalue weighted by atomic mass is 10.1. The van der Waals surface area contributed by atoms with Crippen LogP contribution in [0.5, 0.6) is 0 Å². The van der Waals surface area contributed by atoms with E-state index in [2.05, 4.69) is 31.9 Å². The van der Waals surface area contributed by atoms with Crippen LogP contribution in [0.15, 0.2) is 30.3 Å². The lowest BCUT2D eigenvalue weighted by molar-refractivity contribution is -0.123. The van der Waals surface area contributed by atoms with Crippen molar-refractivity contribution in [2.75, 3.05) is 26.2 Å². The smallest absolute Gasteiger partial charge is 0.408 e. The summed E-state index contributed by atoms with van der Waals surface area (Å²) >= 11 is 0. The van der Waals surface area contributed by atoms with E-state index in [4.69, 9.17) is 18.9 Å². The first-order chi connectivity index (χ1) is 23.6. The third-order valence-corrected chi connectivity index (χ3v) is 6.23. The first-order valence-corrected chi connectivity index (χ1v) is 17.1. The Kier molecular flexibility index (Phi) is 18.6. The normalized spacial score (nSPS) is 12.6. The van der Waals surface area contributed by atoms with Crippen molar-refractivity contribution in [3.63, 3.8) is 0 Å². The minimum atomic E-state index is -1.01. The molecule has 288 valence electrons. The van der Waals surface area contributed by atoms with Gasteiger partial charge >= 0.3 is 24.4 Å². The zero-order valence-electron chi connectivity index (χ0n) is 31.5. The monoisotopic (exact) mass is 722 g/mol. The fourth-order valence-electron chi connectivity index (χ4n) is 4.13. The van der Waals surface area contributed by atoms with Crippen molar-refractivity contribution in [3.05, 3.63) is 35.9 Å². The van der Waals surface area contributed by atoms with E-state index in [-0.39, 0.29) is 52.0 Å². The largest absolute Gasteiger partial charge is 0.445 e. The highest BCUT2D eigenvalue weighted by molar-refractivity contribution is 5.86. The molecule has 51 heavy (non-hydrogen) atoms. The van der Waals surface area contributed by atoms with Crippen LogP contribution in [0.4, 0.5) is 19.2 Å². The third-order valence-electron chi connectivity index (χ3n) is 6.23. The molecule has 16 nitrogen and oxygen atoms in total. The SMILES string of the molecule is CC(C)(C)OC(=O)NCCC[C@H](NC(=O)OCc1ccccc1)C(=O)NCCC[C@H](NC(=O)OC(C)(C)C)C(=O)NCCNC(=O)OC(C)(C)C. The van der Waals surface area contributed by atoms with Crippen molar-refractivity contribution in [2.45, 2.75) is 123 Å². The van der Waals surface area contributed by atoms with Gasteiger partial charge in [0.15, 0.2) is 0 Å². The first kappa shape index (κ1) is 44.3. The fourth-order valence-corrected chi connectivity index (χ4v) is 4.13. The van der Waals surface area contributed by atoms with Crippen LogP contribution in [0.1, 0.15) is 93.6 Å². The molecule has 0 unspecified atom stereocenters. The van der Waals surface area contributed by atoms with E-state index < -0.39 is 65.1 Å². The van der Waals surface area contributed by atoms with Gasteiger partial charge in [0.2, 0.25) is 11.8 Å². The van der Waals surface area contributed by atoms with Crippen LogP contribution in [0, 0.1) is 0 Å². The molecule has 0 radical (unpaired) electrons. The molecule has 6 amide bonds. The van der Waals surface area contributed by atoms with Crippen LogP contribution in [0.3, 0.4) is 0 Å². The summed E-state index contributed by atoms with van der Waals surface area (Å²) in [5.41, 5.74) is -1.37. The Morgan fingerprint density at radius 1 is 0.529 bits per heavy atom. The third kappa shape index (κ3) is 23.3. The molecular formula is C35H58N6O10. The van der Waals surface area contributed by atoms with Gasteiger partial charge in [-0.1, -0.05) is 30.3 Å². The Balaban J connectivity index is 2.78.